The molecule has 1 aromatic heterocycles. The van der Waals surface area contributed by atoms with Crippen molar-refractivity contribution < 1.29 is 80.0 Å². The third-order valence-corrected chi connectivity index (χ3v) is 19.9. The number of nitrogens with one attached hydrogen (secondary N) is 8. The van der Waals surface area contributed by atoms with Crippen molar-refractivity contribution in [3.8, 4) is 0 Å². The predicted octanol–water partition coefficient (Wildman–Crippen LogP) is 3.73. The Morgan fingerprint density at radius 1 is 0.654 bits per heavy atom. The zero-order valence-electron chi connectivity index (χ0n) is 64.6. The number of methoxy groups -OCH3 is 2. The summed E-state index contributed by atoms with van der Waals surface area (Å²) in [5, 5.41) is 22.4. The third-order valence-electron chi connectivity index (χ3n) is 18.9. The predicted molar refractivity (Wildman–Crippen MR) is 403 cm³/mol. The molecule has 2 heterocycles. The number of likely N-dealkylation sites (N-methyl/N-ethyl adjacent to an activating group) is 2. The second-order valence-corrected chi connectivity index (χ2v) is 30.3. The van der Waals surface area contributed by atoms with Crippen LogP contribution in [0.2, 0.25) is 0 Å². The SMILES string of the molecule is CC[C@H](C)[C@@H]([C@@H](CC(=O)N1CCC[C@H]1[C@H](OC)[C@@H](C)C(=O)N[C@@H](Cc1ccccc1)C(=O)NCc1ccc(NC(=O)[C@H](CCCNC(N)=O)NC(=O)[C@@H](NC(=O)COCCOCCOCC(=O)Nc2ccc3ncnc(S(C)(=O)=O)c3c2)C(C)C)cc1)OC)N(C)C(=O)[C@@H](NC(=O)[C@H](C(C)C)N(C)C)C(C)C. The summed E-state index contributed by atoms with van der Waals surface area (Å²) in [6.45, 7) is 16.8. The number of aromatic nitrogens is 2. The van der Waals surface area contributed by atoms with Gasteiger partial charge in [-0.25, -0.2) is 23.2 Å². The zero-order valence-corrected chi connectivity index (χ0v) is 65.4. The fourth-order valence-electron chi connectivity index (χ4n) is 13.1. The number of primary amides is 1. The number of hydrogen-bond donors (Lipinski definition) is 9. The molecule has 0 saturated carbocycles. The number of rotatable bonds is 45. The van der Waals surface area contributed by atoms with Crippen LogP contribution < -0.4 is 48.3 Å². The minimum Gasteiger partial charge on any atom is -0.379 e. The lowest BCUT2D eigenvalue weighted by molar-refractivity contribution is -0.148. The van der Waals surface area contributed by atoms with E-state index >= 15 is 0 Å². The molecule has 1 fully saturated rings. The molecule has 3 aromatic carbocycles. The lowest BCUT2D eigenvalue weighted by Crippen LogP contribution is -2.59. The number of benzene rings is 3. The van der Waals surface area contributed by atoms with E-state index in [4.69, 9.17) is 29.4 Å². The maximum absolute atomic E-state index is 14.7. The van der Waals surface area contributed by atoms with Gasteiger partial charge in [-0.3, -0.25) is 48.1 Å². The molecule has 4 aromatic rings. The quantitative estimate of drug-likeness (QED) is 0.0225. The van der Waals surface area contributed by atoms with Gasteiger partial charge in [0.25, 0.3) is 0 Å². The molecule has 0 unspecified atom stereocenters. The number of amides is 11. The lowest BCUT2D eigenvalue weighted by atomic mass is 9.89. The highest BCUT2D eigenvalue weighted by Gasteiger charge is 2.44. The third kappa shape index (κ3) is 27.7. The van der Waals surface area contributed by atoms with Crippen LogP contribution in [0.1, 0.15) is 112 Å². The average molecular weight is 1520 g/mol. The van der Waals surface area contributed by atoms with Gasteiger partial charge in [0.2, 0.25) is 53.2 Å². The highest BCUT2D eigenvalue weighted by atomic mass is 32.2. The molecule has 10 N–H and O–H groups in total. The van der Waals surface area contributed by atoms with Gasteiger partial charge in [-0.15, -0.1) is 0 Å². The summed E-state index contributed by atoms with van der Waals surface area (Å²) in [6.07, 6.45) is 2.86. The summed E-state index contributed by atoms with van der Waals surface area (Å²) in [5.41, 5.74) is 7.76. The number of likely N-dealkylation sites (tertiary alicyclic amines) is 1. The minimum atomic E-state index is -3.66. The number of carbonyl (C=O) groups excluding carboxylic acids is 10. The molecule has 1 aliphatic rings. The molecule has 11 amide bonds. The number of ether oxygens (including phenoxy) is 5. The van der Waals surface area contributed by atoms with Crippen LogP contribution >= 0.6 is 0 Å². The van der Waals surface area contributed by atoms with E-state index in [1.807, 2.05) is 90.9 Å². The Kier molecular flexibility index (Phi) is 36.4. The Labute approximate surface area is 629 Å². The summed E-state index contributed by atoms with van der Waals surface area (Å²) in [4.78, 5) is 150. The van der Waals surface area contributed by atoms with Crippen molar-refractivity contribution in [2.24, 2.45) is 35.3 Å². The summed E-state index contributed by atoms with van der Waals surface area (Å²) in [7, 11) is 4.72. The lowest BCUT2D eigenvalue weighted by Gasteiger charge is -2.41. The van der Waals surface area contributed by atoms with E-state index in [9.17, 15) is 56.4 Å². The summed E-state index contributed by atoms with van der Waals surface area (Å²) in [5.74, 6) is -5.76. The van der Waals surface area contributed by atoms with E-state index in [0.717, 1.165) is 18.1 Å². The van der Waals surface area contributed by atoms with Crippen LogP contribution in [0.4, 0.5) is 16.2 Å². The van der Waals surface area contributed by atoms with E-state index < -0.39 is 124 Å². The molecule has 31 nitrogen and oxygen atoms in total. The summed E-state index contributed by atoms with van der Waals surface area (Å²) < 4.78 is 53.0. The summed E-state index contributed by atoms with van der Waals surface area (Å²) >= 11 is 0. The van der Waals surface area contributed by atoms with Crippen molar-refractivity contribution in [1.82, 2.24) is 56.6 Å². The van der Waals surface area contributed by atoms with Gasteiger partial charge in [0.05, 0.1) is 74.6 Å². The molecule has 1 saturated heterocycles. The molecule has 32 heteroatoms. The van der Waals surface area contributed by atoms with Crippen LogP contribution in [0.15, 0.2) is 84.1 Å². The topological polar surface area (TPSA) is 409 Å². The van der Waals surface area contributed by atoms with Gasteiger partial charge in [0.1, 0.15) is 43.7 Å². The molecule has 0 bridgehead atoms. The van der Waals surface area contributed by atoms with Crippen molar-refractivity contribution in [3.63, 3.8) is 0 Å². The van der Waals surface area contributed by atoms with E-state index in [-0.39, 0.29) is 118 Å². The Balaban J connectivity index is 1.14. The maximum Gasteiger partial charge on any atom is 0.312 e. The number of urea groups is 1. The molecule has 592 valence electrons. The molecule has 107 heavy (non-hydrogen) atoms. The number of nitrogens with two attached hydrogens (primary N) is 1. The van der Waals surface area contributed by atoms with Crippen LogP contribution in [0.5, 0.6) is 0 Å². The first-order chi connectivity index (χ1) is 50.7. The van der Waals surface area contributed by atoms with E-state index in [0.29, 0.717) is 48.3 Å². The molecular weight excluding hydrogens is 1400 g/mol. The highest BCUT2D eigenvalue weighted by molar-refractivity contribution is 7.90. The first-order valence-electron chi connectivity index (χ1n) is 36.4. The van der Waals surface area contributed by atoms with Crippen LogP contribution in [-0.2, 0) is 89.6 Å². The van der Waals surface area contributed by atoms with Crippen LogP contribution in [-0.4, -0.2) is 241 Å². The van der Waals surface area contributed by atoms with Crippen LogP contribution in [0.25, 0.3) is 10.9 Å². The molecular formula is C75H114N14O17S. The Bertz CT molecular complexity index is 3690. The monoisotopic (exact) mass is 1510 g/mol. The minimum absolute atomic E-state index is 0.00307. The normalized spacial score (nSPS) is 16.0. The summed E-state index contributed by atoms with van der Waals surface area (Å²) in [6, 6.07) is 14.0. The molecule has 11 atom stereocenters. The number of nitrogens with zero attached hydrogens (tertiary/aromatic N) is 5. The van der Waals surface area contributed by atoms with Crippen LogP contribution in [0.3, 0.4) is 0 Å². The van der Waals surface area contributed by atoms with Gasteiger partial charge in [-0.05, 0) is 105 Å². The largest absolute Gasteiger partial charge is 0.379 e. The van der Waals surface area contributed by atoms with Crippen LogP contribution in [0, 0.1) is 29.6 Å². The number of carbonyl (C=O) groups is 10. The molecule has 0 spiro atoms. The highest BCUT2D eigenvalue weighted by Crippen LogP contribution is 2.31. The fraction of sp³-hybridized carbons (Fsp3) is 0.600. The van der Waals surface area contributed by atoms with E-state index in [1.165, 1.54) is 20.3 Å². The van der Waals surface area contributed by atoms with Crippen molar-refractivity contribution in [1.29, 1.82) is 0 Å². The maximum atomic E-state index is 14.7. The number of sulfone groups is 1. The first kappa shape index (κ1) is 88.8. The smallest absolute Gasteiger partial charge is 0.312 e. The molecule has 0 aliphatic carbocycles. The standard InChI is InChI=1S/C75H114N14O17S/c1-16-48(8)66(88(12)74(98)64(46(4)5)86-72(97)65(47(6)7)87(10)11)59(102-13)40-62(92)89-33-21-25-58(89)67(103-14)49(9)68(93)84-57(38-50-22-18-17-19-23-50)69(94)78-41-51-26-28-52(29-27-51)82-70(95)56(24-20-32-77-75(76)99)83-71(96)63(45(2)3)85-61(91)43-106-37-35-104-34-36-105-42-60(90)81-53-30-31-55-54(39-53)73(80-44-79-55)107(15,100)101/h17-19,22-23,26-31,39,44-49,56-59,63-67H,16,20-21,24-25,32-38,40-43H2,1-15H3,(H,78,94)(H,81,90)(H,82,95)(H,83,96)(H,84,93)(H,85,91)(H,86,97)(H3,76,77,99)/t48-,49+,56-,57-,58-,59+,63-,64-,65-,66-,67+/m0/s1. The second-order valence-electron chi connectivity index (χ2n) is 28.4. The number of anilines is 2. The van der Waals surface area contributed by atoms with Gasteiger partial charge < -0.3 is 81.8 Å². The number of hydrogen-bond acceptors (Lipinski definition) is 20. The second kappa shape index (κ2) is 43.9. The van der Waals surface area contributed by atoms with E-state index in [1.54, 1.807) is 74.0 Å². The van der Waals surface area contributed by atoms with Crippen molar-refractivity contribution in [3.05, 3.63) is 90.3 Å². The molecule has 1 aliphatic heterocycles. The number of fused-ring (bicyclic) bond motifs is 1. The van der Waals surface area contributed by atoms with Gasteiger partial charge >= 0.3 is 6.03 Å². The molecule has 5 rings (SSSR count). The Morgan fingerprint density at radius 3 is 1.87 bits per heavy atom. The van der Waals surface area contributed by atoms with Gasteiger partial charge in [-0.2, -0.15) is 0 Å². The van der Waals surface area contributed by atoms with Gasteiger partial charge in [-0.1, -0.05) is 111 Å². The zero-order chi connectivity index (χ0) is 79.2. The fourth-order valence-corrected chi connectivity index (χ4v) is 13.9. The van der Waals surface area contributed by atoms with Gasteiger partial charge in [0.15, 0.2) is 14.9 Å². The van der Waals surface area contributed by atoms with Crippen molar-refractivity contribution >= 4 is 91.3 Å². The Hall–Kier alpha value is -8.79. The van der Waals surface area contributed by atoms with Crippen molar-refractivity contribution in [2.75, 3.05) is 105 Å². The molecule has 0 radical (unpaired) electrons. The first-order valence-corrected chi connectivity index (χ1v) is 38.3. The van der Waals surface area contributed by atoms with Gasteiger partial charge in [0, 0.05) is 70.3 Å². The average Bonchev–Trinajstić information content (AvgIpc) is 1.24. The van der Waals surface area contributed by atoms with E-state index in [2.05, 4.69) is 52.5 Å². The Morgan fingerprint density at radius 2 is 1.28 bits per heavy atom. The van der Waals surface area contributed by atoms with Crippen molar-refractivity contribution in [2.45, 2.75) is 173 Å².